The summed E-state index contributed by atoms with van der Waals surface area (Å²) < 4.78 is 12.8. The zero-order chi connectivity index (χ0) is 25.1. The van der Waals surface area contributed by atoms with E-state index in [-0.39, 0.29) is 34.5 Å². The van der Waals surface area contributed by atoms with Crippen molar-refractivity contribution < 1.29 is 13.8 Å². The van der Waals surface area contributed by atoms with Crippen molar-refractivity contribution in [3.63, 3.8) is 0 Å². The Hall–Kier alpha value is -2.74. The molecule has 3 atom stereocenters. The molecule has 1 unspecified atom stereocenters. The Morgan fingerprint density at radius 3 is 2.49 bits per heavy atom. The number of hydrogen-bond donors (Lipinski definition) is 0. The number of carbonyl (C=O) groups is 2. The van der Waals surface area contributed by atoms with Crippen LogP contribution in [0.1, 0.15) is 34.6 Å². The summed E-state index contributed by atoms with van der Waals surface area (Å²) in [5.74, 6) is -0.632. The number of anilines is 1. The highest BCUT2D eigenvalue weighted by molar-refractivity contribution is 7.86. The van der Waals surface area contributed by atoms with Crippen LogP contribution in [0.25, 0.3) is 0 Å². The molecule has 3 aromatic rings. The summed E-state index contributed by atoms with van der Waals surface area (Å²) in [6, 6.07) is 15.7. The molecule has 2 heterocycles. The van der Waals surface area contributed by atoms with Crippen LogP contribution in [0.5, 0.6) is 0 Å². The fourth-order valence-corrected chi connectivity index (χ4v) is 5.92. The third-order valence-corrected chi connectivity index (χ3v) is 8.36. The molecule has 9 heteroatoms. The molecule has 1 aliphatic rings. The number of ketones is 1. The first-order chi connectivity index (χ1) is 16.8. The third kappa shape index (κ3) is 5.58. The van der Waals surface area contributed by atoms with Gasteiger partial charge >= 0.3 is 0 Å². The highest BCUT2D eigenvalue weighted by Crippen LogP contribution is 2.29. The lowest BCUT2D eigenvalue weighted by atomic mass is 10.0. The molecule has 0 radical (unpaired) electrons. The average molecular weight is 530 g/mol. The van der Waals surface area contributed by atoms with Gasteiger partial charge in [0.2, 0.25) is 0 Å². The van der Waals surface area contributed by atoms with Gasteiger partial charge in [-0.15, -0.1) is 0 Å². The van der Waals surface area contributed by atoms with Crippen molar-refractivity contribution in [2.24, 2.45) is 0 Å². The number of halogens is 2. The normalized spacial score (nSPS) is 18.9. The van der Waals surface area contributed by atoms with Crippen molar-refractivity contribution in [3.05, 3.63) is 88.2 Å². The number of piperazine rings is 1. The zero-order valence-electron chi connectivity index (χ0n) is 19.4. The molecule has 0 spiro atoms. The second kappa shape index (κ2) is 10.9. The van der Waals surface area contributed by atoms with Crippen LogP contribution in [0.4, 0.5) is 5.69 Å². The third-order valence-electron chi connectivity index (χ3n) is 6.33. The molecule has 0 saturated carbocycles. The van der Waals surface area contributed by atoms with Gasteiger partial charge in [-0.3, -0.25) is 18.8 Å². The molecular formula is C26H25Cl2N3O3S. The number of amides is 1. The minimum Gasteiger partial charge on any atom is -0.365 e. The minimum atomic E-state index is -1.64. The highest BCUT2D eigenvalue weighted by Gasteiger charge is 2.34. The lowest BCUT2D eigenvalue weighted by molar-refractivity contribution is 0.0634. The number of hydrogen-bond acceptors (Lipinski definition) is 5. The molecule has 35 heavy (non-hydrogen) atoms. The predicted molar refractivity (Wildman–Crippen MR) is 140 cm³/mol. The van der Waals surface area contributed by atoms with Gasteiger partial charge in [0.15, 0.2) is 5.78 Å². The van der Waals surface area contributed by atoms with Gasteiger partial charge in [0.25, 0.3) is 5.91 Å². The molecule has 182 valence electrons. The van der Waals surface area contributed by atoms with Crippen molar-refractivity contribution >= 4 is 51.4 Å². The number of pyridine rings is 1. The van der Waals surface area contributed by atoms with E-state index in [9.17, 15) is 13.8 Å². The first kappa shape index (κ1) is 25.4. The van der Waals surface area contributed by atoms with Crippen LogP contribution in [0, 0.1) is 0 Å². The summed E-state index contributed by atoms with van der Waals surface area (Å²) in [7, 11) is -1.64. The molecule has 1 amide bonds. The van der Waals surface area contributed by atoms with Crippen LogP contribution >= 0.6 is 23.2 Å². The van der Waals surface area contributed by atoms with Gasteiger partial charge in [0.1, 0.15) is 0 Å². The summed E-state index contributed by atoms with van der Waals surface area (Å²) in [5.41, 5.74) is 1.84. The maximum Gasteiger partial charge on any atom is 0.254 e. The molecule has 2 aromatic carbocycles. The quantitative estimate of drug-likeness (QED) is 0.414. The fourth-order valence-electron chi connectivity index (χ4n) is 4.24. The second-order valence-electron chi connectivity index (χ2n) is 8.45. The predicted octanol–water partition coefficient (Wildman–Crippen LogP) is 5.12. The minimum absolute atomic E-state index is 0.0556. The summed E-state index contributed by atoms with van der Waals surface area (Å²) in [6.07, 6.45) is 3.01. The van der Waals surface area contributed by atoms with Gasteiger partial charge in [-0.2, -0.15) is 0 Å². The Morgan fingerprint density at radius 2 is 1.80 bits per heavy atom. The molecule has 6 nitrogen and oxygen atoms in total. The van der Waals surface area contributed by atoms with Gasteiger partial charge in [-0.1, -0.05) is 29.3 Å². The first-order valence-electron chi connectivity index (χ1n) is 11.2. The monoisotopic (exact) mass is 529 g/mol. The smallest absolute Gasteiger partial charge is 0.254 e. The lowest BCUT2D eigenvalue weighted by Gasteiger charge is -2.46. The summed E-state index contributed by atoms with van der Waals surface area (Å²) in [5, 5.41) is 0.876. The van der Waals surface area contributed by atoms with Gasteiger partial charge in [-0.25, -0.2) is 0 Å². The van der Waals surface area contributed by atoms with Gasteiger partial charge in [0, 0.05) is 59.4 Å². The number of Topliss-reactive ketones (excluding diaryl/α,β-unsaturated/α-hetero) is 1. The Bertz CT molecular complexity index is 1270. The Kier molecular flexibility index (Phi) is 7.89. The molecule has 1 saturated heterocycles. The van der Waals surface area contributed by atoms with E-state index in [1.807, 2.05) is 36.1 Å². The summed E-state index contributed by atoms with van der Waals surface area (Å²) in [4.78, 5) is 34.1. The van der Waals surface area contributed by atoms with Crippen LogP contribution < -0.4 is 4.90 Å². The van der Waals surface area contributed by atoms with E-state index in [0.717, 1.165) is 5.69 Å². The van der Waals surface area contributed by atoms with E-state index < -0.39 is 10.8 Å². The number of nitrogens with zero attached hydrogens (tertiary/aromatic N) is 3. The van der Waals surface area contributed by atoms with Crippen LogP contribution in [0.3, 0.4) is 0 Å². The van der Waals surface area contributed by atoms with Crippen molar-refractivity contribution in [1.29, 1.82) is 0 Å². The molecule has 1 aliphatic heterocycles. The number of carbonyl (C=O) groups excluding carboxylic acids is 2. The van der Waals surface area contributed by atoms with Crippen LogP contribution in [-0.2, 0) is 10.8 Å². The average Bonchev–Trinajstić information content (AvgIpc) is 2.85. The SMILES string of the molecule is C[C@H]1[C@H](C)N(c2cccc(Cl)c2)CCN1C(=O)c1ccc(S(=O)CC(=O)c2cccnc2)c(Cl)c1. The van der Waals surface area contributed by atoms with Crippen LogP contribution in [-0.4, -0.2) is 56.7 Å². The molecule has 0 N–H and O–H groups in total. The topological polar surface area (TPSA) is 70.6 Å². The molecule has 0 aliphatic carbocycles. The Morgan fingerprint density at radius 1 is 1.00 bits per heavy atom. The van der Waals surface area contributed by atoms with Crippen molar-refractivity contribution in [1.82, 2.24) is 9.88 Å². The number of rotatable bonds is 6. The van der Waals surface area contributed by atoms with Gasteiger partial charge in [0.05, 0.1) is 26.5 Å². The standard InChI is InChI=1S/C26H25Cl2N3O3S/c1-17-18(2)31(12-11-30(17)22-7-3-6-21(27)14-22)26(33)19-8-9-25(23(28)13-19)35(34)16-24(32)20-5-4-10-29-15-20/h3-10,13-15,17-18H,11-12,16H2,1-2H3/t17-,18-,35?/m0/s1. The Labute approximate surface area is 217 Å². The Balaban J connectivity index is 1.46. The van der Waals surface area contributed by atoms with E-state index in [1.54, 1.807) is 30.5 Å². The maximum atomic E-state index is 13.3. The molecule has 1 aromatic heterocycles. The largest absolute Gasteiger partial charge is 0.365 e. The van der Waals surface area contributed by atoms with E-state index in [0.29, 0.717) is 34.1 Å². The second-order valence-corrected chi connectivity index (χ2v) is 10.7. The maximum absolute atomic E-state index is 13.3. The van der Waals surface area contributed by atoms with E-state index >= 15 is 0 Å². The lowest BCUT2D eigenvalue weighted by Crippen LogP contribution is -2.59. The van der Waals surface area contributed by atoms with Crippen LogP contribution in [0.2, 0.25) is 10.0 Å². The molecule has 1 fully saturated rings. The van der Waals surface area contributed by atoms with Gasteiger partial charge in [-0.05, 0) is 62.4 Å². The van der Waals surface area contributed by atoms with E-state index in [4.69, 9.17) is 23.2 Å². The number of aromatic nitrogens is 1. The van der Waals surface area contributed by atoms with E-state index in [2.05, 4.69) is 16.8 Å². The first-order valence-corrected chi connectivity index (χ1v) is 13.3. The molecule has 0 bridgehead atoms. The fraction of sp³-hybridized carbons (Fsp3) is 0.269. The number of benzene rings is 2. The van der Waals surface area contributed by atoms with Crippen molar-refractivity contribution in [2.75, 3.05) is 23.7 Å². The van der Waals surface area contributed by atoms with Crippen LogP contribution in [0.15, 0.2) is 71.9 Å². The van der Waals surface area contributed by atoms with Crippen molar-refractivity contribution in [3.8, 4) is 0 Å². The zero-order valence-corrected chi connectivity index (χ0v) is 21.7. The van der Waals surface area contributed by atoms with E-state index in [1.165, 1.54) is 12.3 Å². The molecular weight excluding hydrogens is 505 g/mol. The summed E-state index contributed by atoms with van der Waals surface area (Å²) >= 11 is 12.6. The molecule has 4 rings (SSSR count). The van der Waals surface area contributed by atoms with Gasteiger partial charge < -0.3 is 9.80 Å². The summed E-state index contributed by atoms with van der Waals surface area (Å²) in [6.45, 7) is 5.32. The van der Waals surface area contributed by atoms with Crippen molar-refractivity contribution in [2.45, 2.75) is 30.8 Å². The highest BCUT2D eigenvalue weighted by atomic mass is 35.5.